The summed E-state index contributed by atoms with van der Waals surface area (Å²) >= 11 is 0. The van der Waals surface area contributed by atoms with Gasteiger partial charge in [-0.15, -0.1) is 0 Å². The van der Waals surface area contributed by atoms with Crippen LogP contribution in [-0.4, -0.2) is 25.5 Å². The first-order valence-corrected chi connectivity index (χ1v) is 6.78. The van der Waals surface area contributed by atoms with Crippen LogP contribution in [0.25, 0.3) is 0 Å². The summed E-state index contributed by atoms with van der Waals surface area (Å²) in [6, 6.07) is 8.81. The number of methoxy groups -OCH3 is 1. The van der Waals surface area contributed by atoms with Gasteiger partial charge in [0.05, 0.1) is 18.5 Å². The van der Waals surface area contributed by atoms with E-state index in [-0.39, 0.29) is 29.6 Å². The van der Waals surface area contributed by atoms with Gasteiger partial charge in [0.2, 0.25) is 0 Å². The third-order valence-corrected chi connectivity index (χ3v) is 3.26. The lowest BCUT2D eigenvalue weighted by atomic mass is 10.1. The van der Waals surface area contributed by atoms with Gasteiger partial charge in [0.15, 0.2) is 12.4 Å². The van der Waals surface area contributed by atoms with E-state index < -0.39 is 11.7 Å². The smallest absolute Gasteiger partial charge is 0.262 e. The van der Waals surface area contributed by atoms with Gasteiger partial charge in [-0.05, 0) is 18.2 Å². The SMILES string of the molecule is COc1cccc(C(=O)Nc2cc(F)cc3c2OCC(=O)N3)c1. The Labute approximate surface area is 131 Å². The topological polar surface area (TPSA) is 76.7 Å². The number of hydrogen-bond donors (Lipinski definition) is 2. The van der Waals surface area contributed by atoms with Crippen molar-refractivity contribution in [2.75, 3.05) is 24.4 Å². The van der Waals surface area contributed by atoms with Crippen LogP contribution in [-0.2, 0) is 4.79 Å². The fraction of sp³-hybridized carbons (Fsp3) is 0.125. The van der Waals surface area contributed by atoms with Gasteiger partial charge in [0, 0.05) is 17.7 Å². The fourth-order valence-corrected chi connectivity index (χ4v) is 2.22. The van der Waals surface area contributed by atoms with E-state index in [0.29, 0.717) is 11.3 Å². The normalized spacial score (nSPS) is 12.7. The van der Waals surface area contributed by atoms with E-state index >= 15 is 0 Å². The van der Waals surface area contributed by atoms with Gasteiger partial charge in [-0.3, -0.25) is 9.59 Å². The molecule has 1 aliphatic heterocycles. The van der Waals surface area contributed by atoms with Gasteiger partial charge < -0.3 is 20.1 Å². The maximum absolute atomic E-state index is 13.7. The van der Waals surface area contributed by atoms with E-state index in [9.17, 15) is 14.0 Å². The molecule has 1 heterocycles. The maximum Gasteiger partial charge on any atom is 0.262 e. The molecule has 0 saturated heterocycles. The van der Waals surface area contributed by atoms with Crippen molar-refractivity contribution in [1.29, 1.82) is 0 Å². The summed E-state index contributed by atoms with van der Waals surface area (Å²) in [7, 11) is 1.50. The monoisotopic (exact) mass is 316 g/mol. The van der Waals surface area contributed by atoms with Gasteiger partial charge in [-0.1, -0.05) is 6.07 Å². The predicted octanol–water partition coefficient (Wildman–Crippen LogP) is 2.42. The second-order valence-electron chi connectivity index (χ2n) is 4.85. The van der Waals surface area contributed by atoms with Crippen molar-refractivity contribution in [3.05, 3.63) is 47.8 Å². The molecule has 2 aromatic carbocycles. The standard InChI is InChI=1S/C16H13FN2O4/c1-22-11-4-2-3-9(5-11)16(21)19-13-7-10(17)6-12-15(13)23-8-14(20)18-12/h2-7H,8H2,1H3,(H,18,20)(H,19,21). The van der Waals surface area contributed by atoms with Gasteiger partial charge >= 0.3 is 0 Å². The van der Waals surface area contributed by atoms with Crippen molar-refractivity contribution >= 4 is 23.2 Å². The van der Waals surface area contributed by atoms with Gasteiger partial charge in [-0.2, -0.15) is 0 Å². The second-order valence-corrected chi connectivity index (χ2v) is 4.85. The van der Waals surface area contributed by atoms with E-state index in [1.807, 2.05) is 0 Å². The van der Waals surface area contributed by atoms with E-state index in [1.165, 1.54) is 7.11 Å². The Kier molecular flexibility index (Phi) is 3.84. The first-order chi connectivity index (χ1) is 11.1. The Hall–Kier alpha value is -3.09. The maximum atomic E-state index is 13.7. The van der Waals surface area contributed by atoms with Crippen LogP contribution in [0.1, 0.15) is 10.4 Å². The summed E-state index contributed by atoms with van der Waals surface area (Å²) in [6.07, 6.45) is 0. The molecule has 2 N–H and O–H groups in total. The summed E-state index contributed by atoms with van der Waals surface area (Å²) < 4.78 is 24.0. The van der Waals surface area contributed by atoms with E-state index in [0.717, 1.165) is 12.1 Å². The number of rotatable bonds is 3. The lowest BCUT2D eigenvalue weighted by molar-refractivity contribution is -0.118. The van der Waals surface area contributed by atoms with Crippen molar-refractivity contribution in [1.82, 2.24) is 0 Å². The number of carbonyl (C=O) groups is 2. The Bertz CT molecular complexity index is 792. The molecule has 0 radical (unpaired) electrons. The molecule has 23 heavy (non-hydrogen) atoms. The lowest BCUT2D eigenvalue weighted by Gasteiger charge is -2.21. The molecule has 2 amide bonds. The van der Waals surface area contributed by atoms with E-state index in [2.05, 4.69) is 10.6 Å². The van der Waals surface area contributed by atoms with Crippen LogP contribution in [0, 0.1) is 5.82 Å². The third-order valence-electron chi connectivity index (χ3n) is 3.26. The van der Waals surface area contributed by atoms with Gasteiger partial charge in [0.25, 0.3) is 11.8 Å². The number of benzene rings is 2. The molecule has 118 valence electrons. The molecule has 0 spiro atoms. The molecule has 3 rings (SSSR count). The minimum absolute atomic E-state index is 0.146. The highest BCUT2D eigenvalue weighted by molar-refractivity contribution is 6.07. The van der Waals surface area contributed by atoms with Gasteiger partial charge in [0.1, 0.15) is 11.6 Å². The average Bonchev–Trinajstić information content (AvgIpc) is 2.54. The summed E-state index contributed by atoms with van der Waals surface area (Å²) in [5.74, 6) is -0.675. The van der Waals surface area contributed by atoms with Crippen LogP contribution in [0.2, 0.25) is 0 Å². The van der Waals surface area contributed by atoms with Crippen molar-refractivity contribution in [3.8, 4) is 11.5 Å². The Morgan fingerprint density at radius 2 is 2.17 bits per heavy atom. The predicted molar refractivity (Wildman–Crippen MR) is 81.5 cm³/mol. The van der Waals surface area contributed by atoms with E-state index in [4.69, 9.17) is 9.47 Å². The Morgan fingerprint density at radius 1 is 1.35 bits per heavy atom. The molecule has 0 unspecified atom stereocenters. The molecular weight excluding hydrogens is 303 g/mol. The van der Waals surface area contributed by atoms with Crippen molar-refractivity contribution < 1.29 is 23.5 Å². The highest BCUT2D eigenvalue weighted by Gasteiger charge is 2.22. The zero-order valence-corrected chi connectivity index (χ0v) is 12.2. The molecule has 0 fully saturated rings. The molecule has 0 bridgehead atoms. The molecule has 0 aliphatic carbocycles. The van der Waals surface area contributed by atoms with Crippen LogP contribution in [0.3, 0.4) is 0 Å². The van der Waals surface area contributed by atoms with Crippen molar-refractivity contribution in [2.24, 2.45) is 0 Å². The number of nitrogens with one attached hydrogen (secondary N) is 2. The first kappa shape index (κ1) is 14.8. The quantitative estimate of drug-likeness (QED) is 0.912. The minimum atomic E-state index is -0.601. The highest BCUT2D eigenvalue weighted by Crippen LogP contribution is 2.37. The van der Waals surface area contributed by atoms with E-state index in [1.54, 1.807) is 24.3 Å². The van der Waals surface area contributed by atoms with Crippen LogP contribution in [0.5, 0.6) is 11.5 Å². The number of carbonyl (C=O) groups excluding carboxylic acids is 2. The number of amides is 2. The fourth-order valence-electron chi connectivity index (χ4n) is 2.22. The largest absolute Gasteiger partial charge is 0.497 e. The molecule has 0 atom stereocenters. The van der Waals surface area contributed by atoms with Crippen LogP contribution < -0.4 is 20.1 Å². The number of hydrogen-bond acceptors (Lipinski definition) is 4. The molecule has 6 nitrogen and oxygen atoms in total. The minimum Gasteiger partial charge on any atom is -0.497 e. The molecule has 0 saturated carbocycles. The Balaban J connectivity index is 1.90. The molecule has 1 aliphatic rings. The van der Waals surface area contributed by atoms with Gasteiger partial charge in [-0.25, -0.2) is 4.39 Å². The number of ether oxygens (including phenoxy) is 2. The van der Waals surface area contributed by atoms with Crippen LogP contribution in [0.15, 0.2) is 36.4 Å². The molecule has 7 heteroatoms. The molecule has 0 aromatic heterocycles. The summed E-state index contributed by atoms with van der Waals surface area (Å²) in [4.78, 5) is 23.6. The number of fused-ring (bicyclic) bond motifs is 1. The van der Waals surface area contributed by atoms with Crippen LogP contribution >= 0.6 is 0 Å². The zero-order chi connectivity index (χ0) is 16.4. The summed E-state index contributed by atoms with van der Waals surface area (Å²) in [6.45, 7) is -0.194. The first-order valence-electron chi connectivity index (χ1n) is 6.78. The van der Waals surface area contributed by atoms with Crippen molar-refractivity contribution in [2.45, 2.75) is 0 Å². The number of halogens is 1. The highest BCUT2D eigenvalue weighted by atomic mass is 19.1. The third kappa shape index (κ3) is 3.08. The lowest BCUT2D eigenvalue weighted by Crippen LogP contribution is -2.26. The van der Waals surface area contributed by atoms with Crippen molar-refractivity contribution in [3.63, 3.8) is 0 Å². The number of anilines is 2. The zero-order valence-electron chi connectivity index (χ0n) is 12.2. The average molecular weight is 316 g/mol. The van der Waals surface area contributed by atoms with Crippen LogP contribution in [0.4, 0.5) is 15.8 Å². The molecular formula is C16H13FN2O4. The summed E-state index contributed by atoms with van der Waals surface area (Å²) in [5.41, 5.74) is 0.678. The second kappa shape index (κ2) is 5.96. The molecule has 2 aromatic rings. The summed E-state index contributed by atoms with van der Waals surface area (Å²) in [5, 5.41) is 5.08. The Morgan fingerprint density at radius 3 is 2.96 bits per heavy atom.